The highest BCUT2D eigenvalue weighted by molar-refractivity contribution is 7.81. The van der Waals surface area contributed by atoms with Crippen LogP contribution in [0.25, 0.3) is 0 Å². The number of hydrogen-bond acceptors (Lipinski definition) is 4. The van der Waals surface area contributed by atoms with Gasteiger partial charge in [-0.1, -0.05) is 13.3 Å². The largest absolute Gasteiger partial charge is 0.329 e. The molecular weight excluding hydrogens is 218 g/mol. The third kappa shape index (κ3) is 3.91. The molecule has 0 radical (unpaired) electrons. The Morgan fingerprint density at radius 1 is 1.38 bits per heavy atom. The first-order chi connectivity index (χ1) is 7.61. The Balaban J connectivity index is 2.61. The molecule has 0 saturated carbocycles. The Bertz CT molecular complexity index is 191. The topological polar surface area (TPSA) is 41.3 Å². The zero-order chi connectivity index (χ0) is 12.0. The van der Waals surface area contributed by atoms with Crippen LogP contribution >= 0.6 is 12.6 Å². The second kappa shape index (κ2) is 6.84. The summed E-state index contributed by atoms with van der Waals surface area (Å²) in [5, 5.41) is 3.55. The maximum absolute atomic E-state index is 5.59. The van der Waals surface area contributed by atoms with Gasteiger partial charge in [-0.25, -0.2) is 0 Å². The van der Waals surface area contributed by atoms with Gasteiger partial charge < -0.3 is 5.73 Å². The molecule has 1 fully saturated rings. The minimum absolute atomic E-state index is 0.0203. The fourth-order valence-electron chi connectivity index (χ4n) is 2.33. The van der Waals surface area contributed by atoms with Crippen molar-refractivity contribution in [2.24, 2.45) is 5.73 Å². The van der Waals surface area contributed by atoms with Crippen molar-refractivity contribution in [3.8, 4) is 0 Å². The van der Waals surface area contributed by atoms with Crippen LogP contribution in [0.5, 0.6) is 0 Å². The summed E-state index contributed by atoms with van der Waals surface area (Å²) in [4.78, 5) is 2.54. The van der Waals surface area contributed by atoms with Crippen molar-refractivity contribution in [3.05, 3.63) is 0 Å². The van der Waals surface area contributed by atoms with E-state index < -0.39 is 0 Å². The van der Waals surface area contributed by atoms with Crippen LogP contribution in [0, 0.1) is 0 Å². The molecule has 1 aliphatic rings. The summed E-state index contributed by atoms with van der Waals surface area (Å²) in [5.74, 6) is 0. The number of piperidine rings is 1. The van der Waals surface area contributed by atoms with Gasteiger partial charge in [0.1, 0.15) is 0 Å². The van der Waals surface area contributed by atoms with E-state index in [1.807, 2.05) is 0 Å². The van der Waals surface area contributed by atoms with Gasteiger partial charge in [0.25, 0.3) is 0 Å². The molecule has 2 atom stereocenters. The lowest BCUT2D eigenvalue weighted by atomic mass is 10.00. The summed E-state index contributed by atoms with van der Waals surface area (Å²) in [6, 6.07) is 0. The normalized spacial score (nSPS) is 24.0. The minimum atomic E-state index is 0.0203. The lowest BCUT2D eigenvalue weighted by molar-refractivity contribution is 0.109. The van der Waals surface area contributed by atoms with Crippen LogP contribution in [-0.4, -0.2) is 42.0 Å². The van der Waals surface area contributed by atoms with Gasteiger partial charge in [0.15, 0.2) is 0 Å². The quantitative estimate of drug-likeness (QED) is 0.620. The molecule has 0 aliphatic carbocycles. The first-order valence-electron chi connectivity index (χ1n) is 6.51. The second-order valence-corrected chi connectivity index (χ2v) is 5.97. The molecule has 1 heterocycles. The Hall–Kier alpha value is 0.230. The lowest BCUT2D eigenvalue weighted by Crippen LogP contribution is -2.58. The zero-order valence-corrected chi connectivity index (χ0v) is 11.6. The number of thiol groups is 1. The molecule has 2 unspecified atom stereocenters. The molecule has 4 heteroatoms. The molecule has 1 rings (SSSR count). The van der Waals surface area contributed by atoms with Gasteiger partial charge in [0.05, 0.1) is 6.17 Å². The summed E-state index contributed by atoms with van der Waals surface area (Å²) < 4.78 is 0.0203. The van der Waals surface area contributed by atoms with Crippen molar-refractivity contribution in [3.63, 3.8) is 0 Å². The molecule has 16 heavy (non-hydrogen) atoms. The number of nitrogens with zero attached hydrogens (tertiary/aromatic N) is 1. The fourth-order valence-corrected chi connectivity index (χ4v) is 2.59. The van der Waals surface area contributed by atoms with E-state index in [2.05, 4.69) is 24.1 Å². The monoisotopic (exact) mass is 245 g/mol. The predicted octanol–water partition coefficient (Wildman–Crippen LogP) is 1.45. The fraction of sp³-hybridized carbons (Fsp3) is 1.00. The number of likely N-dealkylation sites (tertiary alicyclic amines) is 1. The third-order valence-corrected chi connectivity index (χ3v) is 4.10. The Labute approximate surface area is 106 Å². The lowest BCUT2D eigenvalue weighted by Gasteiger charge is -2.43. The first kappa shape index (κ1) is 14.3. The number of nitrogens with one attached hydrogen (secondary N) is 1. The van der Waals surface area contributed by atoms with Gasteiger partial charge in [0.2, 0.25) is 0 Å². The zero-order valence-electron chi connectivity index (χ0n) is 10.7. The molecule has 0 aromatic heterocycles. The van der Waals surface area contributed by atoms with Crippen molar-refractivity contribution in [1.82, 2.24) is 10.2 Å². The minimum Gasteiger partial charge on any atom is -0.329 e. The molecule has 0 aromatic carbocycles. The molecular formula is C12H27N3S. The first-order valence-corrected chi connectivity index (χ1v) is 6.96. The van der Waals surface area contributed by atoms with Gasteiger partial charge in [-0.3, -0.25) is 10.2 Å². The summed E-state index contributed by atoms with van der Waals surface area (Å²) in [6.45, 7) is 8.37. The van der Waals surface area contributed by atoms with Crippen LogP contribution in [0.2, 0.25) is 0 Å². The Morgan fingerprint density at radius 3 is 2.50 bits per heavy atom. The van der Waals surface area contributed by atoms with Crippen LogP contribution in [0.3, 0.4) is 0 Å². The molecule has 3 N–H and O–H groups in total. The smallest absolute Gasteiger partial charge is 0.0743 e. The highest BCUT2D eigenvalue weighted by Gasteiger charge is 2.33. The van der Waals surface area contributed by atoms with Gasteiger partial charge in [-0.05, 0) is 39.3 Å². The van der Waals surface area contributed by atoms with Gasteiger partial charge in [-0.15, -0.1) is 0 Å². The van der Waals surface area contributed by atoms with E-state index in [1.165, 1.54) is 32.4 Å². The summed E-state index contributed by atoms with van der Waals surface area (Å²) in [7, 11) is 0. The van der Waals surface area contributed by atoms with Gasteiger partial charge >= 0.3 is 0 Å². The average Bonchev–Trinajstić information content (AvgIpc) is 2.31. The van der Waals surface area contributed by atoms with E-state index >= 15 is 0 Å². The van der Waals surface area contributed by atoms with E-state index in [0.29, 0.717) is 12.7 Å². The maximum atomic E-state index is 5.59. The molecule has 96 valence electrons. The Morgan fingerprint density at radius 2 is 2.00 bits per heavy atom. The standard InChI is InChI=1S/C12H27N3S/c1-3-12(2,16)11(14-8-7-13)15-9-5-4-6-10-15/h11,14,16H,3-10,13H2,1-2H3. The molecule has 0 spiro atoms. The highest BCUT2D eigenvalue weighted by Crippen LogP contribution is 2.27. The van der Waals surface area contributed by atoms with Crippen LogP contribution in [0.4, 0.5) is 0 Å². The van der Waals surface area contributed by atoms with E-state index in [4.69, 9.17) is 18.4 Å². The van der Waals surface area contributed by atoms with E-state index in [9.17, 15) is 0 Å². The van der Waals surface area contributed by atoms with Crippen molar-refractivity contribution in [2.45, 2.75) is 50.4 Å². The number of nitrogens with two attached hydrogens (primary N) is 1. The Kier molecular flexibility index (Phi) is 6.11. The van der Waals surface area contributed by atoms with E-state index in [0.717, 1.165) is 13.0 Å². The third-order valence-electron chi connectivity index (χ3n) is 3.54. The van der Waals surface area contributed by atoms with Crippen molar-refractivity contribution in [2.75, 3.05) is 26.2 Å². The van der Waals surface area contributed by atoms with Gasteiger partial charge in [-0.2, -0.15) is 12.6 Å². The van der Waals surface area contributed by atoms with Crippen molar-refractivity contribution in [1.29, 1.82) is 0 Å². The van der Waals surface area contributed by atoms with Crippen LogP contribution < -0.4 is 11.1 Å². The molecule has 1 saturated heterocycles. The molecule has 0 amide bonds. The SMILES string of the molecule is CCC(C)(S)C(NCCN)N1CCCCC1. The predicted molar refractivity (Wildman–Crippen MR) is 74.0 cm³/mol. The van der Waals surface area contributed by atoms with E-state index in [1.54, 1.807) is 0 Å². The van der Waals surface area contributed by atoms with E-state index in [-0.39, 0.29) is 4.75 Å². The molecule has 0 aromatic rings. The molecule has 0 bridgehead atoms. The number of rotatable bonds is 6. The van der Waals surface area contributed by atoms with Crippen LogP contribution in [0.15, 0.2) is 0 Å². The number of hydrogen-bond donors (Lipinski definition) is 3. The van der Waals surface area contributed by atoms with Crippen LogP contribution in [-0.2, 0) is 0 Å². The van der Waals surface area contributed by atoms with Crippen molar-refractivity contribution < 1.29 is 0 Å². The summed E-state index contributed by atoms with van der Waals surface area (Å²) >= 11 is 4.82. The van der Waals surface area contributed by atoms with Gasteiger partial charge in [0, 0.05) is 17.8 Å². The molecule has 3 nitrogen and oxygen atoms in total. The average molecular weight is 245 g/mol. The molecule has 1 aliphatic heterocycles. The van der Waals surface area contributed by atoms with Crippen molar-refractivity contribution >= 4 is 12.6 Å². The summed E-state index contributed by atoms with van der Waals surface area (Å²) in [5.41, 5.74) is 5.59. The maximum Gasteiger partial charge on any atom is 0.0743 e. The second-order valence-electron chi connectivity index (χ2n) is 4.95. The van der Waals surface area contributed by atoms with Crippen LogP contribution in [0.1, 0.15) is 39.5 Å². The summed E-state index contributed by atoms with van der Waals surface area (Å²) in [6.07, 6.45) is 5.41. The highest BCUT2D eigenvalue weighted by atomic mass is 32.1.